The Balaban J connectivity index is 1.68. The van der Waals surface area contributed by atoms with Crippen LogP contribution in [0.1, 0.15) is 37.7 Å². The van der Waals surface area contributed by atoms with Gasteiger partial charge in [0.05, 0.1) is 20.5 Å². The molecule has 3 rings (SSSR count). The summed E-state index contributed by atoms with van der Waals surface area (Å²) in [7, 11) is 5.19. The van der Waals surface area contributed by atoms with Crippen LogP contribution in [0, 0.1) is 0 Å². The van der Waals surface area contributed by atoms with Gasteiger partial charge < -0.3 is 24.7 Å². The number of guanidine groups is 1. The maximum atomic E-state index is 5.56. The van der Waals surface area contributed by atoms with Gasteiger partial charge in [-0.25, -0.2) is 4.98 Å². The number of nitrogens with zero attached hydrogens (tertiary/aromatic N) is 3. The van der Waals surface area contributed by atoms with Crippen LogP contribution in [0.3, 0.4) is 0 Å². The molecule has 0 amide bonds. The Labute approximate surface area is 173 Å². The second-order valence-corrected chi connectivity index (χ2v) is 7.56. The van der Waals surface area contributed by atoms with Gasteiger partial charge in [0.2, 0.25) is 0 Å². The van der Waals surface area contributed by atoms with E-state index < -0.39 is 0 Å². The van der Waals surface area contributed by atoms with E-state index in [2.05, 4.69) is 32.7 Å². The van der Waals surface area contributed by atoms with Crippen molar-refractivity contribution in [1.82, 2.24) is 20.2 Å². The molecule has 1 heterocycles. The van der Waals surface area contributed by atoms with Crippen molar-refractivity contribution in [2.24, 2.45) is 4.99 Å². The van der Waals surface area contributed by atoms with Crippen LogP contribution in [0.25, 0.3) is 0 Å². The highest BCUT2D eigenvalue weighted by Crippen LogP contribution is 2.42. The van der Waals surface area contributed by atoms with Gasteiger partial charge in [0.1, 0.15) is 0 Å². The molecule has 7 nitrogen and oxygen atoms in total. The Morgan fingerprint density at radius 2 is 1.93 bits per heavy atom. The number of methoxy groups -OCH3 is 2. The summed E-state index contributed by atoms with van der Waals surface area (Å²) in [5.41, 5.74) is 1.37. The fourth-order valence-electron chi connectivity index (χ4n) is 4.16. The van der Waals surface area contributed by atoms with Crippen molar-refractivity contribution in [3.63, 3.8) is 0 Å². The van der Waals surface area contributed by atoms with Crippen LogP contribution in [0.15, 0.2) is 41.9 Å². The van der Waals surface area contributed by atoms with Gasteiger partial charge in [-0.1, -0.05) is 25.3 Å². The number of benzene rings is 1. The van der Waals surface area contributed by atoms with E-state index in [1.165, 1.54) is 24.8 Å². The molecule has 1 aliphatic carbocycles. The van der Waals surface area contributed by atoms with E-state index in [4.69, 9.17) is 9.47 Å². The average molecular weight is 400 g/mol. The van der Waals surface area contributed by atoms with Crippen molar-refractivity contribution in [3.8, 4) is 11.5 Å². The van der Waals surface area contributed by atoms with Gasteiger partial charge in [-0.3, -0.25) is 4.99 Å². The van der Waals surface area contributed by atoms with E-state index in [-0.39, 0.29) is 5.41 Å². The van der Waals surface area contributed by atoms with Gasteiger partial charge in [-0.2, -0.15) is 0 Å². The number of nitrogens with one attached hydrogen (secondary N) is 2. The van der Waals surface area contributed by atoms with Gasteiger partial charge >= 0.3 is 0 Å². The van der Waals surface area contributed by atoms with Crippen LogP contribution in [0.5, 0.6) is 11.5 Å². The zero-order valence-corrected chi connectivity index (χ0v) is 17.8. The lowest BCUT2D eigenvalue weighted by Crippen LogP contribution is -2.47. The first kappa shape index (κ1) is 21.0. The minimum absolute atomic E-state index is 0.0692. The predicted molar refractivity (Wildman–Crippen MR) is 116 cm³/mol. The van der Waals surface area contributed by atoms with Crippen molar-refractivity contribution in [2.45, 2.75) is 44.1 Å². The van der Waals surface area contributed by atoms with Crippen LogP contribution in [0.2, 0.25) is 0 Å². The molecule has 0 spiro atoms. The first-order valence-electron chi connectivity index (χ1n) is 10.3. The van der Waals surface area contributed by atoms with E-state index in [0.717, 1.165) is 49.9 Å². The normalized spacial score (nSPS) is 16.3. The number of aromatic nitrogens is 2. The molecule has 2 aromatic rings. The molecule has 0 aliphatic heterocycles. The van der Waals surface area contributed by atoms with Crippen molar-refractivity contribution in [1.29, 1.82) is 0 Å². The molecule has 1 aliphatic rings. The molecule has 29 heavy (non-hydrogen) atoms. The smallest absolute Gasteiger partial charge is 0.191 e. The summed E-state index contributed by atoms with van der Waals surface area (Å²) in [5, 5.41) is 6.97. The van der Waals surface area contributed by atoms with Crippen LogP contribution in [0.4, 0.5) is 0 Å². The van der Waals surface area contributed by atoms with Gasteiger partial charge in [-0.05, 0) is 30.5 Å². The van der Waals surface area contributed by atoms with Crippen molar-refractivity contribution < 1.29 is 9.47 Å². The monoisotopic (exact) mass is 399 g/mol. The molecule has 1 aromatic heterocycles. The van der Waals surface area contributed by atoms with Crippen molar-refractivity contribution in [2.75, 3.05) is 34.4 Å². The molecular formula is C22H33N5O2. The third-order valence-electron chi connectivity index (χ3n) is 5.85. The fraction of sp³-hybridized carbons (Fsp3) is 0.545. The van der Waals surface area contributed by atoms with E-state index in [9.17, 15) is 0 Å². The molecule has 0 bridgehead atoms. The quantitative estimate of drug-likeness (QED) is 0.527. The number of hydrogen-bond acceptors (Lipinski definition) is 4. The highest BCUT2D eigenvalue weighted by molar-refractivity contribution is 5.79. The molecule has 1 fully saturated rings. The van der Waals surface area contributed by atoms with E-state index in [1.807, 2.05) is 30.2 Å². The van der Waals surface area contributed by atoms with Crippen molar-refractivity contribution >= 4 is 5.96 Å². The largest absolute Gasteiger partial charge is 0.493 e. The predicted octanol–water partition coefficient (Wildman–Crippen LogP) is 2.97. The lowest BCUT2D eigenvalue weighted by atomic mass is 9.69. The highest BCUT2D eigenvalue weighted by Gasteiger charge is 2.34. The summed E-state index contributed by atoms with van der Waals surface area (Å²) in [5.74, 6) is 2.39. The lowest BCUT2D eigenvalue weighted by Gasteiger charge is -2.38. The number of rotatable bonds is 8. The Bertz CT molecular complexity index is 783. The lowest BCUT2D eigenvalue weighted by molar-refractivity contribution is 0.288. The molecule has 0 atom stereocenters. The minimum Gasteiger partial charge on any atom is -0.493 e. The summed E-state index contributed by atoms with van der Waals surface area (Å²) in [6.07, 6.45) is 11.7. The van der Waals surface area contributed by atoms with Gasteiger partial charge in [0.15, 0.2) is 17.5 Å². The number of hydrogen-bond donors (Lipinski definition) is 2. The molecule has 1 saturated carbocycles. The van der Waals surface area contributed by atoms with Gasteiger partial charge in [0.25, 0.3) is 0 Å². The van der Waals surface area contributed by atoms with Crippen LogP contribution >= 0.6 is 0 Å². The summed E-state index contributed by atoms with van der Waals surface area (Å²) in [6, 6.07) is 6.34. The van der Waals surface area contributed by atoms with Gasteiger partial charge in [-0.15, -0.1) is 0 Å². The van der Waals surface area contributed by atoms with E-state index in [0.29, 0.717) is 0 Å². The Hall–Kier alpha value is -2.70. The summed E-state index contributed by atoms with van der Waals surface area (Å²) < 4.78 is 13.0. The van der Waals surface area contributed by atoms with Crippen LogP contribution < -0.4 is 20.1 Å². The van der Waals surface area contributed by atoms with Gasteiger partial charge in [0, 0.05) is 44.5 Å². The third kappa shape index (κ3) is 5.22. The number of imidazole rings is 1. The fourth-order valence-corrected chi connectivity index (χ4v) is 4.16. The maximum absolute atomic E-state index is 5.56. The summed E-state index contributed by atoms with van der Waals surface area (Å²) in [6.45, 7) is 2.48. The second kappa shape index (κ2) is 10.2. The molecule has 1 aromatic carbocycles. The van der Waals surface area contributed by atoms with Crippen LogP contribution in [-0.2, 0) is 12.0 Å². The first-order chi connectivity index (χ1) is 14.2. The molecule has 7 heteroatoms. The summed E-state index contributed by atoms with van der Waals surface area (Å²) >= 11 is 0. The van der Waals surface area contributed by atoms with Crippen molar-refractivity contribution in [3.05, 3.63) is 42.5 Å². The third-order valence-corrected chi connectivity index (χ3v) is 5.85. The average Bonchev–Trinajstić information content (AvgIpc) is 3.29. The Morgan fingerprint density at radius 1 is 1.14 bits per heavy atom. The standard InChI is InChI=1S/C22H33N5O2/c1-23-21(25-12-14-27-13-11-24-17-27)26-16-22(9-5-4-6-10-22)18-7-8-19(28-2)20(15-18)29-3/h7-8,11,13,15,17H,4-6,9-10,12,14,16H2,1-3H3,(H2,23,25,26). The summed E-state index contributed by atoms with van der Waals surface area (Å²) in [4.78, 5) is 8.48. The van der Waals surface area contributed by atoms with E-state index in [1.54, 1.807) is 20.4 Å². The molecule has 0 radical (unpaired) electrons. The molecule has 0 unspecified atom stereocenters. The minimum atomic E-state index is 0.0692. The Kier molecular flexibility index (Phi) is 7.38. The zero-order chi connectivity index (χ0) is 20.5. The first-order valence-corrected chi connectivity index (χ1v) is 10.3. The molecule has 158 valence electrons. The molecule has 0 saturated heterocycles. The molecule has 2 N–H and O–H groups in total. The zero-order valence-electron chi connectivity index (χ0n) is 17.8. The second-order valence-electron chi connectivity index (χ2n) is 7.56. The molecular weight excluding hydrogens is 366 g/mol. The van der Waals surface area contributed by atoms with Crippen LogP contribution in [-0.4, -0.2) is 49.9 Å². The van der Waals surface area contributed by atoms with E-state index >= 15 is 0 Å². The number of aliphatic imine (C=N–C) groups is 1. The maximum Gasteiger partial charge on any atom is 0.191 e. The number of ether oxygens (including phenoxy) is 2. The Morgan fingerprint density at radius 3 is 2.59 bits per heavy atom. The highest BCUT2D eigenvalue weighted by atomic mass is 16.5. The topological polar surface area (TPSA) is 72.7 Å². The SMILES string of the molecule is CN=C(NCCn1ccnc1)NCC1(c2ccc(OC)c(OC)c2)CCCCC1.